The highest BCUT2D eigenvalue weighted by Gasteiger charge is 2.09. The van der Waals surface area contributed by atoms with Crippen LogP contribution in [0.4, 0.5) is 0 Å². The molecule has 0 aliphatic carbocycles. The number of hydrogen-bond acceptors (Lipinski definition) is 2. The van der Waals surface area contributed by atoms with Crippen LogP contribution in [0.15, 0.2) is 24.0 Å². The number of allylic oxidation sites excluding steroid dienone is 1. The summed E-state index contributed by atoms with van der Waals surface area (Å²) in [5.74, 6) is -1.18. The maximum Gasteiger partial charge on any atom is 0.248 e. The monoisotopic (exact) mass is 244 g/mol. The summed E-state index contributed by atoms with van der Waals surface area (Å²) in [5.41, 5.74) is 5.39. The van der Waals surface area contributed by atoms with E-state index in [1.807, 2.05) is 0 Å². The molecular formula is C10H8Cl2NO2-. The van der Waals surface area contributed by atoms with Crippen LogP contribution in [-0.2, 0) is 4.79 Å². The summed E-state index contributed by atoms with van der Waals surface area (Å²) in [6, 6.07) is 4.46. The molecule has 0 aliphatic heterocycles. The van der Waals surface area contributed by atoms with Gasteiger partial charge in [-0.25, -0.2) is 0 Å². The molecule has 15 heavy (non-hydrogen) atoms. The van der Waals surface area contributed by atoms with Crippen LogP contribution in [0.1, 0.15) is 12.5 Å². The summed E-state index contributed by atoms with van der Waals surface area (Å²) in [6.45, 7) is 1.27. The fourth-order valence-corrected chi connectivity index (χ4v) is 1.47. The van der Waals surface area contributed by atoms with Gasteiger partial charge in [-0.3, -0.25) is 4.79 Å². The van der Waals surface area contributed by atoms with E-state index in [1.165, 1.54) is 25.1 Å². The number of rotatable bonds is 2. The van der Waals surface area contributed by atoms with Crippen molar-refractivity contribution in [3.63, 3.8) is 0 Å². The third-order valence-corrected chi connectivity index (χ3v) is 2.55. The largest absolute Gasteiger partial charge is 0.875 e. The zero-order valence-electron chi connectivity index (χ0n) is 7.88. The Morgan fingerprint density at radius 2 is 1.93 bits per heavy atom. The summed E-state index contributed by atoms with van der Waals surface area (Å²) in [7, 11) is 0. The zero-order chi connectivity index (χ0) is 11.6. The average Bonchev–Trinajstić information content (AvgIpc) is 2.10. The molecule has 0 fully saturated rings. The Hall–Kier alpha value is -1.19. The fraction of sp³-hybridized carbons (Fsp3) is 0.100. The van der Waals surface area contributed by atoms with Crippen molar-refractivity contribution >= 4 is 34.7 Å². The van der Waals surface area contributed by atoms with Crippen molar-refractivity contribution in [1.29, 1.82) is 0 Å². The van der Waals surface area contributed by atoms with Gasteiger partial charge >= 0.3 is 0 Å². The molecule has 0 bridgehead atoms. The maximum atomic E-state index is 11.2. The number of benzene rings is 1. The minimum atomic E-state index is -0.777. The number of primary amides is 1. The molecule has 3 nitrogen and oxygen atoms in total. The second-order valence-electron chi connectivity index (χ2n) is 2.92. The quantitative estimate of drug-likeness (QED) is 0.634. The minimum Gasteiger partial charge on any atom is -0.875 e. The molecule has 80 valence electrons. The molecule has 0 radical (unpaired) electrons. The van der Waals surface area contributed by atoms with Crippen molar-refractivity contribution < 1.29 is 9.90 Å². The van der Waals surface area contributed by atoms with Gasteiger partial charge in [-0.2, -0.15) is 0 Å². The van der Waals surface area contributed by atoms with Crippen LogP contribution in [0, 0.1) is 0 Å². The van der Waals surface area contributed by atoms with Gasteiger partial charge in [0.05, 0.1) is 10.0 Å². The van der Waals surface area contributed by atoms with E-state index in [2.05, 4.69) is 0 Å². The normalized spacial score (nSPS) is 12.2. The number of carbonyl (C=O) groups is 1. The predicted octanol–water partition coefficient (Wildman–Crippen LogP) is 1.57. The predicted molar refractivity (Wildman–Crippen MR) is 58.3 cm³/mol. The maximum absolute atomic E-state index is 11.2. The number of halogens is 2. The van der Waals surface area contributed by atoms with Crippen LogP contribution in [0.2, 0.25) is 10.0 Å². The molecule has 0 saturated carbocycles. The molecule has 0 aliphatic rings. The third-order valence-electron chi connectivity index (χ3n) is 1.81. The Labute approximate surface area is 97.1 Å². The molecule has 1 aromatic rings. The van der Waals surface area contributed by atoms with Crippen molar-refractivity contribution in [3.8, 4) is 0 Å². The van der Waals surface area contributed by atoms with Gasteiger partial charge in [0.25, 0.3) is 0 Å². The lowest BCUT2D eigenvalue weighted by atomic mass is 10.0. The van der Waals surface area contributed by atoms with Gasteiger partial charge < -0.3 is 10.8 Å². The summed E-state index contributed by atoms with van der Waals surface area (Å²) in [6.07, 6.45) is 0. The van der Waals surface area contributed by atoms with E-state index in [9.17, 15) is 9.90 Å². The van der Waals surface area contributed by atoms with Crippen molar-refractivity contribution in [2.75, 3.05) is 0 Å². The fourth-order valence-electron chi connectivity index (χ4n) is 1.17. The Bertz CT molecular complexity index is 437. The van der Waals surface area contributed by atoms with Crippen LogP contribution in [-0.4, -0.2) is 5.91 Å². The highest BCUT2D eigenvalue weighted by molar-refractivity contribution is 6.42. The van der Waals surface area contributed by atoms with Gasteiger partial charge in [0.1, 0.15) is 0 Å². The summed E-state index contributed by atoms with van der Waals surface area (Å²) < 4.78 is 0. The van der Waals surface area contributed by atoms with E-state index in [-0.39, 0.29) is 10.6 Å². The lowest BCUT2D eigenvalue weighted by Gasteiger charge is -2.13. The van der Waals surface area contributed by atoms with Gasteiger partial charge in [0, 0.05) is 5.57 Å². The van der Waals surface area contributed by atoms with Crippen LogP contribution in [0.3, 0.4) is 0 Å². The summed E-state index contributed by atoms with van der Waals surface area (Å²) >= 11 is 11.5. The molecule has 0 saturated heterocycles. The molecular weight excluding hydrogens is 237 g/mol. The topological polar surface area (TPSA) is 66.2 Å². The van der Waals surface area contributed by atoms with Crippen molar-refractivity contribution in [1.82, 2.24) is 0 Å². The number of nitrogens with two attached hydrogens (primary N) is 1. The summed E-state index contributed by atoms with van der Waals surface area (Å²) in [4.78, 5) is 11.0. The van der Waals surface area contributed by atoms with Crippen molar-refractivity contribution in [3.05, 3.63) is 39.6 Å². The zero-order valence-corrected chi connectivity index (χ0v) is 9.39. The van der Waals surface area contributed by atoms with E-state index in [0.29, 0.717) is 10.6 Å². The molecule has 2 N–H and O–H groups in total. The lowest BCUT2D eigenvalue weighted by molar-refractivity contribution is -0.300. The minimum absolute atomic E-state index is 0.0754. The molecule has 0 atom stereocenters. The highest BCUT2D eigenvalue weighted by atomic mass is 35.5. The first-order valence-electron chi connectivity index (χ1n) is 4.06. The van der Waals surface area contributed by atoms with Crippen molar-refractivity contribution in [2.24, 2.45) is 5.73 Å². The van der Waals surface area contributed by atoms with E-state index < -0.39 is 11.7 Å². The molecule has 0 heterocycles. The second-order valence-corrected chi connectivity index (χ2v) is 3.74. The Balaban J connectivity index is 3.32. The first kappa shape index (κ1) is 11.9. The van der Waals surface area contributed by atoms with Crippen molar-refractivity contribution in [2.45, 2.75) is 6.92 Å². The first-order chi connectivity index (χ1) is 6.93. The van der Waals surface area contributed by atoms with Crippen LogP contribution >= 0.6 is 23.2 Å². The van der Waals surface area contributed by atoms with Gasteiger partial charge in [-0.15, -0.1) is 5.76 Å². The number of amides is 1. The Morgan fingerprint density at radius 3 is 2.33 bits per heavy atom. The molecule has 1 aromatic carbocycles. The van der Waals surface area contributed by atoms with Crippen LogP contribution in [0.25, 0.3) is 5.57 Å². The lowest BCUT2D eigenvalue weighted by Crippen LogP contribution is -2.18. The second kappa shape index (κ2) is 4.55. The van der Waals surface area contributed by atoms with Gasteiger partial charge in [0.2, 0.25) is 5.91 Å². The summed E-state index contributed by atoms with van der Waals surface area (Å²) in [5, 5.41) is 11.8. The molecule has 0 spiro atoms. The Kier molecular flexibility index (Phi) is 3.61. The molecule has 1 amide bonds. The number of carbonyl (C=O) groups excluding carboxylic acids is 1. The first-order valence-corrected chi connectivity index (χ1v) is 4.82. The van der Waals surface area contributed by atoms with E-state index in [0.717, 1.165) is 0 Å². The van der Waals surface area contributed by atoms with E-state index >= 15 is 0 Å². The average molecular weight is 245 g/mol. The molecule has 0 aromatic heterocycles. The van der Waals surface area contributed by atoms with Gasteiger partial charge in [0.15, 0.2) is 0 Å². The van der Waals surface area contributed by atoms with E-state index in [4.69, 9.17) is 28.9 Å². The highest BCUT2D eigenvalue weighted by Crippen LogP contribution is 2.26. The SMILES string of the molecule is C/C([O-])=C(\C(N)=O)c1ccc(Cl)c(Cl)c1. The smallest absolute Gasteiger partial charge is 0.248 e. The molecule has 1 rings (SSSR count). The number of hydrogen-bond donors (Lipinski definition) is 1. The standard InChI is InChI=1S/C10H9Cl2NO2/c1-5(14)9(10(13)15)6-2-3-7(11)8(12)4-6/h2-4,14H,1H3,(H2,13,15)/p-1/b9-5+. The van der Waals surface area contributed by atoms with Gasteiger partial charge in [-0.05, 0) is 17.7 Å². The molecule has 5 heteroatoms. The molecule has 0 unspecified atom stereocenters. The van der Waals surface area contributed by atoms with Crippen LogP contribution in [0.5, 0.6) is 0 Å². The van der Waals surface area contributed by atoms with Crippen LogP contribution < -0.4 is 10.8 Å². The third kappa shape index (κ3) is 2.64. The van der Waals surface area contributed by atoms with Gasteiger partial charge in [-0.1, -0.05) is 36.2 Å². The Morgan fingerprint density at radius 1 is 1.33 bits per heavy atom. The van der Waals surface area contributed by atoms with E-state index in [1.54, 1.807) is 0 Å².